The summed E-state index contributed by atoms with van der Waals surface area (Å²) in [5.41, 5.74) is 2.97. The maximum atomic E-state index is 12.9. The third-order valence-electron chi connectivity index (χ3n) is 10.7. The number of ether oxygens (including phenoxy) is 1. The zero-order valence-corrected chi connectivity index (χ0v) is 22.1. The second kappa shape index (κ2) is 9.37. The molecular weight excluding hydrogens is 476 g/mol. The van der Waals surface area contributed by atoms with Crippen molar-refractivity contribution in [2.24, 2.45) is 28.6 Å². The van der Waals surface area contributed by atoms with Crippen LogP contribution in [-0.2, 0) is 22.7 Å². The van der Waals surface area contributed by atoms with Crippen molar-refractivity contribution in [3.63, 3.8) is 0 Å². The van der Waals surface area contributed by atoms with Crippen molar-refractivity contribution in [2.75, 3.05) is 32.7 Å². The lowest BCUT2D eigenvalue weighted by Crippen LogP contribution is -2.67. The number of benzene rings is 1. The number of fused-ring (bicyclic) bond motifs is 1. The molecule has 5 aliphatic rings. The van der Waals surface area contributed by atoms with Crippen LogP contribution in [0.15, 0.2) is 48.8 Å². The minimum absolute atomic E-state index is 0.0369. The van der Waals surface area contributed by atoms with Crippen LogP contribution in [0.4, 0.5) is 0 Å². The molecule has 1 aromatic carbocycles. The molecule has 5 unspecified atom stereocenters. The number of aromatic nitrogens is 1. The van der Waals surface area contributed by atoms with Gasteiger partial charge in [0.15, 0.2) is 0 Å². The first-order valence-electron chi connectivity index (χ1n) is 14.4. The molecule has 1 aromatic heterocycles. The van der Waals surface area contributed by atoms with Gasteiger partial charge in [0.2, 0.25) is 11.8 Å². The van der Waals surface area contributed by atoms with Crippen molar-refractivity contribution in [1.82, 2.24) is 20.1 Å². The standard InChI is InChI=1S/C31H38N4O3/c36-28(17-30-14-23-12-25-13-26(16-30)31(25,30)15-23)33-19-29(37)35-10-8-34(9-11-35)20-24-5-1-2-6-27(24)38-21-22-4-3-7-32-18-22/h1-7,18,23,25-26H,8-17,19-21H2,(H,33,36). The Bertz CT molecular complexity index is 1210. The predicted molar refractivity (Wildman–Crippen MR) is 143 cm³/mol. The highest BCUT2D eigenvalue weighted by molar-refractivity contribution is 5.85. The van der Waals surface area contributed by atoms with E-state index in [0.717, 1.165) is 54.3 Å². The Morgan fingerprint density at radius 1 is 1.00 bits per heavy atom. The quantitative estimate of drug-likeness (QED) is 0.553. The third kappa shape index (κ3) is 3.93. The monoisotopic (exact) mass is 514 g/mol. The molecule has 2 bridgehead atoms. The Balaban J connectivity index is 0.864. The van der Waals surface area contributed by atoms with Crippen LogP contribution in [0.3, 0.4) is 0 Å². The van der Waals surface area contributed by atoms with Gasteiger partial charge in [-0.25, -0.2) is 0 Å². The number of hydrogen-bond acceptors (Lipinski definition) is 5. The molecule has 4 saturated carbocycles. The van der Waals surface area contributed by atoms with Crippen LogP contribution in [0.25, 0.3) is 0 Å². The SMILES string of the molecule is O=C(CC12CC3CC4CC(C1)C42C3)NCC(=O)N1CCN(Cc2ccccc2OCc2cccnc2)CC1. The Labute approximate surface area is 224 Å². The highest BCUT2D eigenvalue weighted by Gasteiger charge is 2.80. The summed E-state index contributed by atoms with van der Waals surface area (Å²) in [7, 11) is 0. The summed E-state index contributed by atoms with van der Waals surface area (Å²) in [5.74, 6) is 3.66. The fourth-order valence-electron chi connectivity index (χ4n) is 9.18. The molecule has 2 heterocycles. The van der Waals surface area contributed by atoms with Gasteiger partial charge >= 0.3 is 0 Å². The number of pyridine rings is 1. The molecule has 7 nitrogen and oxygen atoms in total. The summed E-state index contributed by atoms with van der Waals surface area (Å²) in [5, 5.41) is 2.99. The summed E-state index contributed by atoms with van der Waals surface area (Å²) in [6, 6.07) is 12.1. The number of carbonyl (C=O) groups is 2. The van der Waals surface area contributed by atoms with Crippen LogP contribution >= 0.6 is 0 Å². The molecule has 2 aromatic rings. The van der Waals surface area contributed by atoms with E-state index in [-0.39, 0.29) is 23.8 Å². The van der Waals surface area contributed by atoms with Gasteiger partial charge in [0, 0.05) is 62.7 Å². The van der Waals surface area contributed by atoms with E-state index in [4.69, 9.17) is 4.74 Å². The van der Waals surface area contributed by atoms with Crippen molar-refractivity contribution in [3.05, 3.63) is 59.9 Å². The van der Waals surface area contributed by atoms with Gasteiger partial charge in [-0.05, 0) is 72.8 Å². The molecule has 200 valence electrons. The molecule has 1 saturated heterocycles. The minimum atomic E-state index is 0.0369. The summed E-state index contributed by atoms with van der Waals surface area (Å²) < 4.78 is 6.10. The largest absolute Gasteiger partial charge is 0.489 e. The molecule has 4 aliphatic carbocycles. The molecule has 7 heteroatoms. The van der Waals surface area contributed by atoms with Crippen molar-refractivity contribution < 1.29 is 14.3 Å². The van der Waals surface area contributed by atoms with Crippen molar-refractivity contribution in [3.8, 4) is 5.75 Å². The topological polar surface area (TPSA) is 74.8 Å². The first kappa shape index (κ1) is 24.1. The van der Waals surface area contributed by atoms with E-state index >= 15 is 0 Å². The maximum absolute atomic E-state index is 12.9. The Morgan fingerprint density at radius 2 is 1.87 bits per heavy atom. The molecule has 5 atom stereocenters. The number of nitrogens with zero attached hydrogens (tertiary/aromatic N) is 3. The summed E-state index contributed by atoms with van der Waals surface area (Å²) in [6.45, 7) is 4.40. The van der Waals surface area contributed by atoms with Crippen molar-refractivity contribution >= 4 is 11.8 Å². The number of carbonyl (C=O) groups excluding carboxylic acids is 2. The third-order valence-corrected chi connectivity index (χ3v) is 10.7. The molecule has 2 amide bonds. The van der Waals surface area contributed by atoms with E-state index in [0.29, 0.717) is 31.5 Å². The van der Waals surface area contributed by atoms with Gasteiger partial charge in [-0.2, -0.15) is 0 Å². The molecule has 1 spiro atoms. The van der Waals surface area contributed by atoms with E-state index in [1.54, 1.807) is 6.20 Å². The molecule has 1 N–H and O–H groups in total. The lowest BCUT2D eigenvalue weighted by atomic mass is 9.31. The van der Waals surface area contributed by atoms with E-state index in [9.17, 15) is 9.59 Å². The fraction of sp³-hybridized carbons (Fsp3) is 0.581. The highest BCUT2D eigenvalue weighted by atomic mass is 16.5. The highest BCUT2D eigenvalue weighted by Crippen LogP contribution is 2.87. The second-order valence-corrected chi connectivity index (χ2v) is 12.5. The lowest BCUT2D eigenvalue weighted by molar-refractivity contribution is -0.245. The molecular formula is C31H38N4O3. The molecule has 7 rings (SSSR count). The van der Waals surface area contributed by atoms with Gasteiger partial charge in [0.25, 0.3) is 0 Å². The van der Waals surface area contributed by atoms with E-state index in [1.807, 2.05) is 41.4 Å². The van der Waals surface area contributed by atoms with E-state index < -0.39 is 0 Å². The molecule has 5 fully saturated rings. The molecule has 38 heavy (non-hydrogen) atoms. The smallest absolute Gasteiger partial charge is 0.242 e. The van der Waals surface area contributed by atoms with Gasteiger partial charge in [-0.3, -0.25) is 19.5 Å². The van der Waals surface area contributed by atoms with Gasteiger partial charge in [0.1, 0.15) is 12.4 Å². The number of hydrogen-bond donors (Lipinski definition) is 1. The number of nitrogens with one attached hydrogen (secondary N) is 1. The zero-order chi connectivity index (χ0) is 25.7. The average molecular weight is 515 g/mol. The van der Waals surface area contributed by atoms with Crippen LogP contribution < -0.4 is 10.1 Å². The van der Waals surface area contributed by atoms with Crippen molar-refractivity contribution in [2.45, 2.75) is 51.7 Å². The normalized spacial score (nSPS) is 32.7. The summed E-state index contributed by atoms with van der Waals surface area (Å²) in [6.07, 6.45) is 10.9. The second-order valence-electron chi connectivity index (χ2n) is 12.5. The van der Waals surface area contributed by atoms with Gasteiger partial charge < -0.3 is 15.0 Å². The van der Waals surface area contributed by atoms with Crippen LogP contribution in [0.5, 0.6) is 5.75 Å². The lowest BCUT2D eigenvalue weighted by Gasteiger charge is -2.73. The Hall–Kier alpha value is -2.93. The molecule has 0 radical (unpaired) electrons. The predicted octanol–water partition coefficient (Wildman–Crippen LogP) is 3.64. The van der Waals surface area contributed by atoms with E-state index in [1.165, 1.54) is 32.1 Å². The number of amides is 2. The van der Waals surface area contributed by atoms with E-state index in [2.05, 4.69) is 21.3 Å². The molecule has 1 aliphatic heterocycles. The minimum Gasteiger partial charge on any atom is -0.489 e. The maximum Gasteiger partial charge on any atom is 0.242 e. The van der Waals surface area contributed by atoms with Crippen LogP contribution in [-0.4, -0.2) is 59.3 Å². The first-order valence-corrected chi connectivity index (χ1v) is 14.4. The van der Waals surface area contributed by atoms with Crippen LogP contribution in [0.2, 0.25) is 0 Å². The average Bonchev–Trinajstić information content (AvgIpc) is 3.42. The van der Waals surface area contributed by atoms with Gasteiger partial charge in [-0.15, -0.1) is 0 Å². The van der Waals surface area contributed by atoms with Crippen LogP contribution in [0, 0.1) is 28.6 Å². The van der Waals surface area contributed by atoms with Gasteiger partial charge in [0.05, 0.1) is 6.54 Å². The number of para-hydroxylation sites is 1. The Morgan fingerprint density at radius 3 is 2.66 bits per heavy atom. The van der Waals surface area contributed by atoms with Crippen molar-refractivity contribution in [1.29, 1.82) is 0 Å². The van der Waals surface area contributed by atoms with Gasteiger partial charge in [-0.1, -0.05) is 24.3 Å². The zero-order valence-electron chi connectivity index (χ0n) is 22.1. The number of rotatable bonds is 9. The first-order chi connectivity index (χ1) is 18.5. The van der Waals surface area contributed by atoms with Crippen LogP contribution in [0.1, 0.15) is 49.7 Å². The Kier molecular flexibility index (Phi) is 5.95. The fourth-order valence-corrected chi connectivity index (χ4v) is 9.18. The number of piperazine rings is 1. The summed E-state index contributed by atoms with van der Waals surface area (Å²) >= 11 is 0. The summed E-state index contributed by atoms with van der Waals surface area (Å²) in [4.78, 5) is 34.2.